The third kappa shape index (κ3) is 2.74. The third-order valence-electron chi connectivity index (χ3n) is 2.27. The minimum atomic E-state index is -0.874. The van der Waals surface area contributed by atoms with Gasteiger partial charge in [-0.1, -0.05) is 6.07 Å². The molecule has 0 aliphatic rings. The van der Waals surface area contributed by atoms with E-state index in [0.29, 0.717) is 6.61 Å². The Balaban J connectivity index is 2.45. The number of rotatable bonds is 4. The van der Waals surface area contributed by atoms with Crippen molar-refractivity contribution in [3.05, 3.63) is 28.1 Å². The van der Waals surface area contributed by atoms with E-state index in [0.717, 1.165) is 20.5 Å². The molecule has 0 aliphatic heterocycles. The van der Waals surface area contributed by atoms with E-state index in [1.807, 2.05) is 17.5 Å². The van der Waals surface area contributed by atoms with Crippen LogP contribution in [0.1, 0.15) is 24.4 Å². The van der Waals surface area contributed by atoms with Crippen molar-refractivity contribution in [1.82, 2.24) is 4.98 Å². The molecule has 1 N–H and O–H groups in total. The van der Waals surface area contributed by atoms with Crippen LogP contribution in [-0.2, 0) is 16.9 Å². The van der Waals surface area contributed by atoms with Crippen LogP contribution < -0.4 is 0 Å². The quantitative estimate of drug-likeness (QED) is 0.926. The molecule has 0 spiro atoms. The zero-order valence-corrected chi connectivity index (χ0v) is 11.7. The van der Waals surface area contributed by atoms with Crippen LogP contribution in [0.3, 0.4) is 0 Å². The lowest BCUT2D eigenvalue weighted by molar-refractivity contribution is 0.0782. The summed E-state index contributed by atoms with van der Waals surface area (Å²) in [6, 6.07) is 4.04. The van der Waals surface area contributed by atoms with Gasteiger partial charge in [-0.15, -0.1) is 22.7 Å². The molecule has 2 heterocycles. The molecule has 0 saturated carbocycles. The minimum absolute atomic E-state index is 0.432. The van der Waals surface area contributed by atoms with Crippen LogP contribution in [-0.4, -0.2) is 17.2 Å². The van der Waals surface area contributed by atoms with Crippen molar-refractivity contribution in [1.29, 1.82) is 0 Å². The van der Waals surface area contributed by atoms with Crippen LogP contribution in [0, 0.1) is 0 Å². The predicted molar refractivity (Wildman–Crippen MR) is 71.4 cm³/mol. The average Bonchev–Trinajstić information content (AvgIpc) is 2.82. The van der Waals surface area contributed by atoms with Crippen LogP contribution in [0.4, 0.5) is 0 Å². The standard InChI is InChI=1S/C12H15NO2S2/c1-12(2,14)10-8(7-15-3)13-11(17-10)9-5-4-6-16-9/h4-6,14H,7H2,1-3H3. The maximum absolute atomic E-state index is 10.1. The highest BCUT2D eigenvalue weighted by atomic mass is 32.1. The number of aromatic nitrogens is 1. The van der Waals surface area contributed by atoms with Crippen LogP contribution in [0.15, 0.2) is 17.5 Å². The molecule has 17 heavy (non-hydrogen) atoms. The molecule has 0 unspecified atom stereocenters. The molecule has 0 bridgehead atoms. The Morgan fingerprint density at radius 2 is 2.24 bits per heavy atom. The van der Waals surface area contributed by atoms with E-state index in [9.17, 15) is 5.11 Å². The highest BCUT2D eigenvalue weighted by Crippen LogP contribution is 2.36. The Bertz CT molecular complexity index is 483. The Labute approximate surface area is 109 Å². The van der Waals surface area contributed by atoms with Crippen molar-refractivity contribution in [2.45, 2.75) is 26.1 Å². The molecular weight excluding hydrogens is 254 g/mol. The Kier molecular flexibility index (Phi) is 3.63. The average molecular weight is 269 g/mol. The van der Waals surface area contributed by atoms with Gasteiger partial charge >= 0.3 is 0 Å². The first-order valence-electron chi connectivity index (χ1n) is 5.27. The van der Waals surface area contributed by atoms with Crippen LogP contribution in [0.2, 0.25) is 0 Å². The van der Waals surface area contributed by atoms with Gasteiger partial charge in [0.2, 0.25) is 0 Å². The van der Waals surface area contributed by atoms with Gasteiger partial charge in [0.1, 0.15) is 5.01 Å². The van der Waals surface area contributed by atoms with Gasteiger partial charge in [-0.25, -0.2) is 4.98 Å². The van der Waals surface area contributed by atoms with Crippen molar-refractivity contribution in [3.63, 3.8) is 0 Å². The van der Waals surface area contributed by atoms with Gasteiger partial charge in [0.05, 0.1) is 27.7 Å². The fraction of sp³-hybridized carbons (Fsp3) is 0.417. The summed E-state index contributed by atoms with van der Waals surface area (Å²) >= 11 is 3.19. The van der Waals surface area contributed by atoms with E-state index in [4.69, 9.17) is 4.74 Å². The number of ether oxygens (including phenoxy) is 1. The largest absolute Gasteiger partial charge is 0.385 e. The zero-order valence-electron chi connectivity index (χ0n) is 10.1. The summed E-state index contributed by atoms with van der Waals surface area (Å²) in [5, 5.41) is 13.1. The monoisotopic (exact) mass is 269 g/mol. The summed E-state index contributed by atoms with van der Waals surface area (Å²) in [5.41, 5.74) is -0.0467. The Hall–Kier alpha value is -0.750. The lowest BCUT2D eigenvalue weighted by atomic mass is 10.1. The van der Waals surface area contributed by atoms with Crippen LogP contribution >= 0.6 is 22.7 Å². The van der Waals surface area contributed by atoms with Crippen molar-refractivity contribution in [3.8, 4) is 9.88 Å². The minimum Gasteiger partial charge on any atom is -0.385 e. The third-order valence-corrected chi connectivity index (χ3v) is 4.72. The molecule has 0 fully saturated rings. The molecule has 0 atom stereocenters. The van der Waals surface area contributed by atoms with Crippen molar-refractivity contribution >= 4 is 22.7 Å². The second-order valence-corrected chi connectivity index (χ2v) is 6.21. The molecule has 0 radical (unpaired) electrons. The Morgan fingerprint density at radius 3 is 2.76 bits per heavy atom. The van der Waals surface area contributed by atoms with Gasteiger partial charge in [-0.2, -0.15) is 0 Å². The summed E-state index contributed by atoms with van der Waals surface area (Å²) in [6.07, 6.45) is 0. The van der Waals surface area contributed by atoms with E-state index in [-0.39, 0.29) is 0 Å². The Morgan fingerprint density at radius 1 is 1.47 bits per heavy atom. The summed E-state index contributed by atoms with van der Waals surface area (Å²) in [5.74, 6) is 0. The van der Waals surface area contributed by atoms with E-state index in [2.05, 4.69) is 4.98 Å². The molecule has 92 valence electrons. The fourth-order valence-corrected chi connectivity index (χ4v) is 3.44. The zero-order chi connectivity index (χ0) is 12.5. The molecule has 0 aromatic carbocycles. The number of hydrogen-bond donors (Lipinski definition) is 1. The molecule has 0 saturated heterocycles. The summed E-state index contributed by atoms with van der Waals surface area (Å²) in [6.45, 7) is 3.98. The van der Waals surface area contributed by atoms with E-state index in [1.165, 1.54) is 11.3 Å². The van der Waals surface area contributed by atoms with Gasteiger partial charge in [0.15, 0.2) is 0 Å². The highest BCUT2D eigenvalue weighted by molar-refractivity contribution is 7.21. The summed E-state index contributed by atoms with van der Waals surface area (Å²) < 4.78 is 5.13. The molecule has 5 heteroatoms. The summed E-state index contributed by atoms with van der Waals surface area (Å²) in [7, 11) is 1.64. The molecule has 2 aromatic rings. The maximum Gasteiger partial charge on any atom is 0.134 e. The number of hydrogen-bond acceptors (Lipinski definition) is 5. The predicted octanol–water partition coefficient (Wildman–Crippen LogP) is 3.25. The maximum atomic E-state index is 10.1. The SMILES string of the molecule is COCc1nc(-c2cccs2)sc1C(C)(C)O. The second-order valence-electron chi connectivity index (χ2n) is 4.26. The van der Waals surface area contributed by atoms with E-state index < -0.39 is 5.60 Å². The molecule has 2 aromatic heterocycles. The lowest BCUT2D eigenvalue weighted by Crippen LogP contribution is -2.16. The van der Waals surface area contributed by atoms with Gasteiger partial charge in [0.25, 0.3) is 0 Å². The first kappa shape index (κ1) is 12.7. The van der Waals surface area contributed by atoms with Gasteiger partial charge < -0.3 is 9.84 Å². The van der Waals surface area contributed by atoms with Crippen molar-refractivity contribution < 1.29 is 9.84 Å². The molecule has 0 aliphatic carbocycles. The second kappa shape index (κ2) is 4.86. The molecule has 3 nitrogen and oxygen atoms in total. The number of methoxy groups -OCH3 is 1. The number of thiazole rings is 1. The number of nitrogens with zero attached hydrogens (tertiary/aromatic N) is 1. The number of thiophene rings is 1. The molecule has 2 rings (SSSR count). The fourth-order valence-electron chi connectivity index (χ4n) is 1.57. The van der Waals surface area contributed by atoms with Crippen LogP contribution in [0.25, 0.3) is 9.88 Å². The van der Waals surface area contributed by atoms with Gasteiger partial charge in [-0.3, -0.25) is 0 Å². The topological polar surface area (TPSA) is 42.4 Å². The van der Waals surface area contributed by atoms with Crippen molar-refractivity contribution in [2.75, 3.05) is 7.11 Å². The molecule has 0 amide bonds. The number of aliphatic hydroxyl groups is 1. The smallest absolute Gasteiger partial charge is 0.134 e. The highest BCUT2D eigenvalue weighted by Gasteiger charge is 2.25. The normalized spacial score (nSPS) is 12.0. The first-order valence-corrected chi connectivity index (χ1v) is 6.97. The molecular formula is C12H15NO2S2. The van der Waals surface area contributed by atoms with Gasteiger partial charge in [0, 0.05) is 7.11 Å². The summed E-state index contributed by atoms with van der Waals surface area (Å²) in [4.78, 5) is 6.56. The van der Waals surface area contributed by atoms with Crippen molar-refractivity contribution in [2.24, 2.45) is 0 Å². The first-order chi connectivity index (χ1) is 8.02. The van der Waals surface area contributed by atoms with Gasteiger partial charge in [-0.05, 0) is 25.3 Å². The van der Waals surface area contributed by atoms with E-state index >= 15 is 0 Å². The van der Waals surface area contributed by atoms with E-state index in [1.54, 1.807) is 32.3 Å². The lowest BCUT2D eigenvalue weighted by Gasteiger charge is -2.16. The van der Waals surface area contributed by atoms with Crippen LogP contribution in [0.5, 0.6) is 0 Å².